The molecule has 1 aromatic heterocycles. The van der Waals surface area contributed by atoms with Crippen molar-refractivity contribution >= 4 is 29.1 Å². The normalized spacial score (nSPS) is 26.9. The molecule has 1 aromatic carbocycles. The topological polar surface area (TPSA) is 198 Å². The summed E-state index contributed by atoms with van der Waals surface area (Å²) in [6.07, 6.45) is 11.6. The van der Waals surface area contributed by atoms with Crippen LogP contribution in [0.25, 0.3) is 10.4 Å². The van der Waals surface area contributed by atoms with Gasteiger partial charge in [0.05, 0.1) is 86.9 Å². The molecule has 2 aromatic rings. The summed E-state index contributed by atoms with van der Waals surface area (Å²) in [4.78, 5) is 47.1. The average molecular weight is 993 g/mol. The molecule has 7 rings (SSSR count). The van der Waals surface area contributed by atoms with Gasteiger partial charge in [0, 0.05) is 32.5 Å². The van der Waals surface area contributed by atoms with E-state index in [0.717, 1.165) is 79.5 Å². The number of ether oxygens (including phenoxy) is 5. The van der Waals surface area contributed by atoms with E-state index < -0.39 is 35.4 Å². The van der Waals surface area contributed by atoms with Crippen LogP contribution in [0, 0.1) is 41.4 Å². The molecule has 0 spiro atoms. The van der Waals surface area contributed by atoms with Gasteiger partial charge >= 0.3 is 0 Å². The van der Waals surface area contributed by atoms with E-state index in [1.807, 2.05) is 57.5 Å². The Morgan fingerprint density at radius 3 is 2.23 bits per heavy atom. The number of allylic oxidation sites excluding steroid dienone is 4. The van der Waals surface area contributed by atoms with Crippen molar-refractivity contribution in [2.75, 3.05) is 72.6 Å². The van der Waals surface area contributed by atoms with Crippen molar-refractivity contribution in [1.29, 1.82) is 0 Å². The largest absolute Gasteiger partial charge is 0.512 e. The predicted molar refractivity (Wildman–Crippen MR) is 268 cm³/mol. The lowest BCUT2D eigenvalue weighted by Gasteiger charge is -2.54. The van der Waals surface area contributed by atoms with E-state index in [1.54, 1.807) is 16.9 Å². The van der Waals surface area contributed by atoms with E-state index in [1.165, 1.54) is 16.9 Å². The van der Waals surface area contributed by atoms with Crippen molar-refractivity contribution in [3.63, 3.8) is 0 Å². The van der Waals surface area contributed by atoms with Crippen molar-refractivity contribution in [3.05, 3.63) is 64.0 Å². The molecule has 3 amide bonds. The third-order valence-corrected chi connectivity index (χ3v) is 16.7. The zero-order chi connectivity index (χ0) is 49.8. The maximum atomic E-state index is 13.9. The lowest BCUT2D eigenvalue weighted by atomic mass is 9.51. The van der Waals surface area contributed by atoms with Crippen molar-refractivity contribution in [2.24, 2.45) is 34.5 Å². The second-order valence-corrected chi connectivity index (χ2v) is 22.4. The van der Waals surface area contributed by atoms with Crippen LogP contribution in [-0.4, -0.2) is 140 Å². The van der Waals surface area contributed by atoms with Gasteiger partial charge in [0.1, 0.15) is 18.7 Å². The fourth-order valence-electron chi connectivity index (χ4n) is 12.0. The van der Waals surface area contributed by atoms with E-state index in [2.05, 4.69) is 28.6 Å². The molecule has 2 unspecified atom stereocenters. The summed E-state index contributed by atoms with van der Waals surface area (Å²) in [5, 5.41) is 37.6. The number of nitrogens with one attached hydrogen (secondary N) is 2. The Morgan fingerprint density at radius 2 is 1.57 bits per heavy atom. The molecule has 388 valence electrons. The molecule has 1 aliphatic heterocycles. The van der Waals surface area contributed by atoms with Crippen LogP contribution in [0.3, 0.4) is 0 Å². The number of fused-ring (bicyclic) bond motifs is 4. The second-order valence-electron chi connectivity index (χ2n) is 21.5. The highest BCUT2D eigenvalue weighted by molar-refractivity contribution is 7.13. The maximum absolute atomic E-state index is 13.9. The van der Waals surface area contributed by atoms with Crippen LogP contribution in [0.15, 0.2) is 52.8 Å². The van der Waals surface area contributed by atoms with Crippen LogP contribution in [0.5, 0.6) is 0 Å². The number of hydrogen-bond acceptors (Lipinski definition) is 13. The fraction of sp³-hybridized carbons (Fsp3) is 0.704. The van der Waals surface area contributed by atoms with Crippen LogP contribution in [0.4, 0.5) is 0 Å². The van der Waals surface area contributed by atoms with Gasteiger partial charge in [-0.2, -0.15) is 0 Å². The van der Waals surface area contributed by atoms with Gasteiger partial charge in [-0.05, 0) is 116 Å². The number of rotatable bonds is 25. The fourth-order valence-corrected chi connectivity index (χ4v) is 12.8. The highest BCUT2D eigenvalue weighted by Crippen LogP contribution is 2.63. The molecule has 1 saturated heterocycles. The third kappa shape index (κ3) is 13.9. The second kappa shape index (κ2) is 25.3. The third-order valence-electron chi connectivity index (χ3n) is 15.7. The predicted octanol–water partition coefficient (Wildman–Crippen LogP) is 6.84. The molecule has 16 heteroatoms. The lowest BCUT2D eigenvalue weighted by Crippen LogP contribution is -2.58. The van der Waals surface area contributed by atoms with Gasteiger partial charge in [0.2, 0.25) is 17.7 Å². The Morgan fingerprint density at radius 1 is 0.900 bits per heavy atom. The molecule has 15 nitrogen and oxygen atoms in total. The van der Waals surface area contributed by atoms with Gasteiger partial charge in [0.25, 0.3) is 0 Å². The summed E-state index contributed by atoms with van der Waals surface area (Å²) in [7, 11) is 0. The molecule has 2 saturated carbocycles. The summed E-state index contributed by atoms with van der Waals surface area (Å²) in [6.45, 7) is 13.6. The van der Waals surface area contributed by atoms with E-state index in [9.17, 15) is 29.7 Å². The number of likely N-dealkylation sites (tertiary alicyclic amines) is 1. The minimum Gasteiger partial charge on any atom is -0.512 e. The van der Waals surface area contributed by atoms with Gasteiger partial charge in [-0.25, -0.2) is 4.98 Å². The van der Waals surface area contributed by atoms with Gasteiger partial charge in [-0.15, -0.1) is 11.3 Å². The first kappa shape index (κ1) is 54.0. The number of hydrogen-bond donors (Lipinski definition) is 5. The highest BCUT2D eigenvalue weighted by atomic mass is 32.1. The molecule has 0 radical (unpaired) electrons. The number of amides is 3. The van der Waals surface area contributed by atoms with Gasteiger partial charge in [-0.1, -0.05) is 64.0 Å². The first-order valence-electron chi connectivity index (χ1n) is 25.9. The Labute approximate surface area is 419 Å². The van der Waals surface area contributed by atoms with Crippen molar-refractivity contribution in [1.82, 2.24) is 20.5 Å². The van der Waals surface area contributed by atoms with Crippen LogP contribution < -0.4 is 10.6 Å². The van der Waals surface area contributed by atoms with Crippen LogP contribution in [0.2, 0.25) is 0 Å². The number of carbonyl (C=O) groups excluding carboxylic acids is 3. The van der Waals surface area contributed by atoms with Gasteiger partial charge < -0.3 is 54.5 Å². The molecule has 5 N–H and O–H groups in total. The number of unbranched alkanes of at least 4 members (excludes halogenated alkanes) is 1. The molecule has 3 fully saturated rings. The minimum absolute atomic E-state index is 0.00859. The SMILES string of the molecule is Cc1ncsc1-c1ccc(CNC(=O)[C@@H]2C[C@@H](O)CN2C(=O)[C@@H](NC(=O)COCCOCCOCCOCCOCCCCC2CC3=C(CCC(O)=C3)[C@H]3CCC4(C)[C@@H](O)CC[C@H]4[C@H]23)C(C)(C)C)cc1. The number of aliphatic hydroxyl groups is 3. The van der Waals surface area contributed by atoms with Crippen molar-refractivity contribution in [2.45, 2.75) is 136 Å². The van der Waals surface area contributed by atoms with Gasteiger partial charge in [-0.3, -0.25) is 14.4 Å². The number of aryl methyl sites for hydroxylation is 1. The zero-order valence-electron chi connectivity index (χ0n) is 42.3. The number of thiazole rings is 1. The van der Waals surface area contributed by atoms with Crippen molar-refractivity contribution < 1.29 is 53.4 Å². The Balaban J connectivity index is 0.698. The van der Waals surface area contributed by atoms with Crippen LogP contribution >= 0.6 is 11.3 Å². The zero-order valence-corrected chi connectivity index (χ0v) is 43.1. The van der Waals surface area contributed by atoms with Gasteiger partial charge in [0.15, 0.2) is 0 Å². The minimum atomic E-state index is -0.954. The number of carbonyl (C=O) groups is 3. The maximum Gasteiger partial charge on any atom is 0.246 e. The lowest BCUT2D eigenvalue weighted by molar-refractivity contribution is -0.144. The molecule has 9 atom stereocenters. The highest BCUT2D eigenvalue weighted by Gasteiger charge is 2.57. The Kier molecular flexibility index (Phi) is 19.5. The molecule has 0 bridgehead atoms. The summed E-state index contributed by atoms with van der Waals surface area (Å²) < 4.78 is 28.3. The molecule has 70 heavy (non-hydrogen) atoms. The van der Waals surface area contributed by atoms with Crippen molar-refractivity contribution in [3.8, 4) is 10.4 Å². The monoisotopic (exact) mass is 993 g/mol. The molecule has 5 aliphatic rings. The first-order chi connectivity index (χ1) is 33.6. The smallest absolute Gasteiger partial charge is 0.246 e. The molecule has 4 aliphatic carbocycles. The van der Waals surface area contributed by atoms with E-state index in [-0.39, 0.29) is 56.8 Å². The van der Waals surface area contributed by atoms with Crippen LogP contribution in [-0.2, 0) is 44.6 Å². The molecular weight excluding hydrogens is 913 g/mol. The van der Waals surface area contributed by atoms with E-state index in [4.69, 9.17) is 23.7 Å². The average Bonchev–Trinajstić information content (AvgIpc) is 4.04. The number of nitrogens with zero attached hydrogens (tertiary/aromatic N) is 2. The summed E-state index contributed by atoms with van der Waals surface area (Å²) in [5.41, 5.74) is 7.09. The quantitative estimate of drug-likeness (QED) is 0.0651. The van der Waals surface area contributed by atoms with Crippen LogP contribution in [0.1, 0.15) is 110 Å². The number of β-amino-alcohol motifs (C(OH)–C–C–N with tert-alkyl or cyclic N) is 1. The Bertz CT molecular complexity index is 2100. The summed E-state index contributed by atoms with van der Waals surface area (Å²) in [5.74, 6) is 1.68. The standard InChI is InChI=1S/C54H80N4O11S/c1-35-49(70-34-56-35)37-11-9-36(10-12-37)31-55-51(63)45-30-41(60)32-58(45)52(64)50(53(2,3)4)57-47(62)33-69-27-26-68-25-24-67-23-22-66-21-20-65-19-7-6-8-38-28-39-29-40(59)13-14-42(39)43-17-18-54(5)44(48(38)43)15-16-46(54)61/h9-12,29,34,38,41,43-46,48,50,59-61H,6-8,13-28,30-33H2,1-5H3,(H,55,63)(H,57,62)/t38?,41-,43-,44+,45+,46+,48-,50-,54?/m1/s1. The van der Waals surface area contributed by atoms with E-state index in [0.29, 0.717) is 75.7 Å². The number of aliphatic hydroxyl groups excluding tert-OH is 3. The molecular formula is C54H80N4O11S. The summed E-state index contributed by atoms with van der Waals surface area (Å²) >= 11 is 1.58. The Hall–Kier alpha value is -3.74. The van der Waals surface area contributed by atoms with E-state index >= 15 is 0 Å². The summed E-state index contributed by atoms with van der Waals surface area (Å²) in [6, 6.07) is 6.05. The molecule has 2 heterocycles. The number of aromatic nitrogens is 1. The first-order valence-corrected chi connectivity index (χ1v) is 26.7. The number of benzene rings is 1.